The van der Waals surface area contributed by atoms with Crippen molar-refractivity contribution in [1.82, 2.24) is 0 Å². The highest BCUT2D eigenvalue weighted by Crippen LogP contribution is 2.23. The van der Waals surface area contributed by atoms with Gasteiger partial charge < -0.3 is 10.5 Å². The molecule has 2 nitrogen and oxygen atoms in total. The standard InChI is InChI=1S/C12H14INO/c13-11-6-1-2-7-12(11)15-10-5-3-4-9(14)8-10/h1-2,4,6-8,11-12H,3,5,14H2/t11-,12?/m0/s1. The molecule has 2 rings (SSSR count). The summed E-state index contributed by atoms with van der Waals surface area (Å²) in [6, 6.07) is 0. The van der Waals surface area contributed by atoms with Crippen molar-refractivity contribution in [3.8, 4) is 0 Å². The molecular weight excluding hydrogens is 301 g/mol. The molecule has 0 aliphatic heterocycles. The maximum Gasteiger partial charge on any atom is 0.132 e. The molecule has 0 radical (unpaired) electrons. The highest BCUT2D eigenvalue weighted by atomic mass is 127. The van der Waals surface area contributed by atoms with Crippen LogP contribution in [0.25, 0.3) is 0 Å². The lowest BCUT2D eigenvalue weighted by Gasteiger charge is -2.23. The Morgan fingerprint density at radius 3 is 2.87 bits per heavy atom. The summed E-state index contributed by atoms with van der Waals surface area (Å²) in [5.41, 5.74) is 6.55. The minimum Gasteiger partial charge on any atom is -0.489 e. The lowest BCUT2D eigenvalue weighted by Crippen LogP contribution is -2.22. The molecule has 2 atom stereocenters. The maximum atomic E-state index is 5.91. The second-order valence-corrected chi connectivity index (χ2v) is 5.09. The largest absolute Gasteiger partial charge is 0.489 e. The topological polar surface area (TPSA) is 35.2 Å². The molecule has 0 saturated carbocycles. The highest BCUT2D eigenvalue weighted by molar-refractivity contribution is 14.1. The Bertz CT molecular complexity index is 355. The number of ether oxygens (including phenoxy) is 1. The summed E-state index contributed by atoms with van der Waals surface area (Å²) in [6.45, 7) is 0. The van der Waals surface area contributed by atoms with Gasteiger partial charge in [-0.2, -0.15) is 0 Å². The first-order chi connectivity index (χ1) is 7.25. The lowest BCUT2D eigenvalue weighted by atomic mass is 10.1. The molecule has 80 valence electrons. The molecule has 0 amide bonds. The predicted molar refractivity (Wildman–Crippen MR) is 70.5 cm³/mol. The second-order valence-electron chi connectivity index (χ2n) is 3.65. The van der Waals surface area contributed by atoms with Crippen LogP contribution < -0.4 is 5.73 Å². The number of rotatable bonds is 2. The van der Waals surface area contributed by atoms with Crippen molar-refractivity contribution >= 4 is 22.6 Å². The smallest absolute Gasteiger partial charge is 0.132 e. The van der Waals surface area contributed by atoms with E-state index in [9.17, 15) is 0 Å². The van der Waals surface area contributed by atoms with Crippen LogP contribution in [-0.4, -0.2) is 10.0 Å². The summed E-state index contributed by atoms with van der Waals surface area (Å²) in [5.74, 6) is 1.00. The molecule has 1 unspecified atom stereocenters. The molecule has 0 aromatic heterocycles. The fourth-order valence-corrected chi connectivity index (χ4v) is 2.26. The normalized spacial score (nSPS) is 29.7. The molecule has 2 aliphatic carbocycles. The van der Waals surface area contributed by atoms with E-state index in [0.29, 0.717) is 3.92 Å². The summed E-state index contributed by atoms with van der Waals surface area (Å²) < 4.78 is 6.31. The van der Waals surface area contributed by atoms with Gasteiger partial charge in [0.15, 0.2) is 0 Å². The molecule has 0 aromatic carbocycles. The van der Waals surface area contributed by atoms with Crippen molar-refractivity contribution in [3.05, 3.63) is 47.9 Å². The van der Waals surface area contributed by atoms with Gasteiger partial charge in [0.1, 0.15) is 6.10 Å². The van der Waals surface area contributed by atoms with E-state index in [4.69, 9.17) is 10.5 Å². The Morgan fingerprint density at radius 2 is 2.13 bits per heavy atom. The number of hydrogen-bond donors (Lipinski definition) is 1. The minimum atomic E-state index is 0.146. The van der Waals surface area contributed by atoms with E-state index in [2.05, 4.69) is 40.8 Å². The van der Waals surface area contributed by atoms with Crippen molar-refractivity contribution in [1.29, 1.82) is 0 Å². The second kappa shape index (κ2) is 4.88. The fraction of sp³-hybridized carbons (Fsp3) is 0.333. The summed E-state index contributed by atoms with van der Waals surface area (Å²) >= 11 is 2.38. The molecular formula is C12H14INO. The Morgan fingerprint density at radius 1 is 1.33 bits per heavy atom. The Kier molecular flexibility index (Phi) is 3.51. The number of nitrogens with two attached hydrogens (primary N) is 1. The average Bonchev–Trinajstić information content (AvgIpc) is 2.22. The van der Waals surface area contributed by atoms with Crippen LogP contribution >= 0.6 is 22.6 Å². The first kappa shape index (κ1) is 10.8. The van der Waals surface area contributed by atoms with Crippen LogP contribution in [0.1, 0.15) is 12.8 Å². The lowest BCUT2D eigenvalue weighted by molar-refractivity contribution is 0.154. The summed E-state index contributed by atoms with van der Waals surface area (Å²) in [4.78, 5) is 0. The van der Waals surface area contributed by atoms with Gasteiger partial charge in [0.05, 0.1) is 9.68 Å². The van der Waals surface area contributed by atoms with Gasteiger partial charge in [0.2, 0.25) is 0 Å². The van der Waals surface area contributed by atoms with E-state index in [1.165, 1.54) is 0 Å². The van der Waals surface area contributed by atoms with Crippen LogP contribution in [-0.2, 0) is 4.74 Å². The predicted octanol–water partition coefficient (Wildman–Crippen LogP) is 2.82. The molecule has 0 spiro atoms. The van der Waals surface area contributed by atoms with Gasteiger partial charge in [-0.1, -0.05) is 46.9 Å². The molecule has 0 fully saturated rings. The monoisotopic (exact) mass is 315 g/mol. The number of hydrogen-bond acceptors (Lipinski definition) is 2. The van der Waals surface area contributed by atoms with E-state index in [-0.39, 0.29) is 6.10 Å². The third-order valence-corrected chi connectivity index (χ3v) is 3.53. The van der Waals surface area contributed by atoms with Crippen molar-refractivity contribution in [2.45, 2.75) is 22.9 Å². The molecule has 0 saturated heterocycles. The zero-order chi connectivity index (χ0) is 10.7. The third kappa shape index (κ3) is 2.87. The van der Waals surface area contributed by atoms with Crippen molar-refractivity contribution < 1.29 is 4.74 Å². The Labute approximate surface area is 104 Å². The fourth-order valence-electron chi connectivity index (χ4n) is 1.63. The molecule has 2 N–H and O–H groups in total. The van der Waals surface area contributed by atoms with E-state index in [0.717, 1.165) is 24.3 Å². The summed E-state index contributed by atoms with van der Waals surface area (Å²) in [6.07, 6.45) is 14.4. The van der Waals surface area contributed by atoms with Crippen LogP contribution in [0.15, 0.2) is 47.9 Å². The Hall–Kier alpha value is -0.710. The summed E-state index contributed by atoms with van der Waals surface area (Å²) in [7, 11) is 0. The van der Waals surface area contributed by atoms with Crippen LogP contribution in [0.3, 0.4) is 0 Å². The molecule has 0 aromatic rings. The minimum absolute atomic E-state index is 0.146. The summed E-state index contributed by atoms with van der Waals surface area (Å²) in [5, 5.41) is 0. The van der Waals surface area contributed by atoms with Gasteiger partial charge >= 0.3 is 0 Å². The molecule has 0 heterocycles. The molecule has 15 heavy (non-hydrogen) atoms. The van der Waals surface area contributed by atoms with Gasteiger partial charge in [-0.15, -0.1) is 0 Å². The zero-order valence-electron chi connectivity index (χ0n) is 8.40. The first-order valence-corrected chi connectivity index (χ1v) is 6.32. The van der Waals surface area contributed by atoms with E-state index < -0.39 is 0 Å². The maximum absolute atomic E-state index is 5.91. The van der Waals surface area contributed by atoms with Crippen molar-refractivity contribution in [3.63, 3.8) is 0 Å². The van der Waals surface area contributed by atoms with Gasteiger partial charge in [-0.3, -0.25) is 0 Å². The van der Waals surface area contributed by atoms with Crippen LogP contribution in [0.2, 0.25) is 0 Å². The molecule has 3 heteroatoms. The molecule has 0 bridgehead atoms. The van der Waals surface area contributed by atoms with E-state index in [1.54, 1.807) is 0 Å². The van der Waals surface area contributed by atoms with Crippen LogP contribution in [0, 0.1) is 0 Å². The van der Waals surface area contributed by atoms with Crippen molar-refractivity contribution in [2.24, 2.45) is 5.73 Å². The molecule has 2 aliphatic rings. The number of allylic oxidation sites excluding steroid dienone is 5. The highest BCUT2D eigenvalue weighted by Gasteiger charge is 2.18. The first-order valence-electron chi connectivity index (χ1n) is 5.07. The van der Waals surface area contributed by atoms with E-state index >= 15 is 0 Å². The number of halogens is 1. The number of alkyl halides is 1. The quantitative estimate of drug-likeness (QED) is 0.628. The SMILES string of the molecule is NC1=CCCC(OC2C=CC=C[C@@H]2I)=C1. The van der Waals surface area contributed by atoms with Gasteiger partial charge in [-0.05, 0) is 18.6 Å². The zero-order valence-corrected chi connectivity index (χ0v) is 10.6. The Balaban J connectivity index is 2.00. The van der Waals surface area contributed by atoms with Crippen LogP contribution in [0.5, 0.6) is 0 Å². The van der Waals surface area contributed by atoms with Crippen molar-refractivity contribution in [2.75, 3.05) is 0 Å². The van der Waals surface area contributed by atoms with Gasteiger partial charge in [-0.25, -0.2) is 0 Å². The van der Waals surface area contributed by atoms with Gasteiger partial charge in [0, 0.05) is 12.1 Å². The van der Waals surface area contributed by atoms with E-state index in [1.807, 2.05) is 18.2 Å². The van der Waals surface area contributed by atoms with Crippen LogP contribution in [0.4, 0.5) is 0 Å². The average molecular weight is 315 g/mol. The van der Waals surface area contributed by atoms with Gasteiger partial charge in [0.25, 0.3) is 0 Å². The third-order valence-electron chi connectivity index (χ3n) is 2.41.